The standard InChI is InChI=1S/C12H11ClN2OS/c1-8(16)11-4-3-10(7-14-11)17-12-5-2-9(13)6-15-12/h2-8,16H,1H3/t8-/m1/s1. The number of hydrogen-bond donors (Lipinski definition) is 1. The summed E-state index contributed by atoms with van der Waals surface area (Å²) in [5.74, 6) is 0. The van der Waals surface area contributed by atoms with Crippen LogP contribution in [-0.2, 0) is 0 Å². The molecule has 0 spiro atoms. The van der Waals surface area contributed by atoms with Crippen LogP contribution in [0.15, 0.2) is 46.6 Å². The Labute approximate surface area is 109 Å². The molecule has 0 saturated carbocycles. The maximum Gasteiger partial charge on any atom is 0.101 e. The summed E-state index contributed by atoms with van der Waals surface area (Å²) in [5.41, 5.74) is 0.665. The predicted molar refractivity (Wildman–Crippen MR) is 68.2 cm³/mol. The summed E-state index contributed by atoms with van der Waals surface area (Å²) < 4.78 is 0. The van der Waals surface area contributed by atoms with Crippen molar-refractivity contribution < 1.29 is 5.11 Å². The van der Waals surface area contributed by atoms with Crippen LogP contribution in [-0.4, -0.2) is 15.1 Å². The van der Waals surface area contributed by atoms with Crippen molar-refractivity contribution in [2.24, 2.45) is 0 Å². The fourth-order valence-electron chi connectivity index (χ4n) is 1.24. The lowest BCUT2D eigenvalue weighted by atomic mass is 10.2. The van der Waals surface area contributed by atoms with E-state index in [1.165, 1.54) is 11.8 Å². The Balaban J connectivity index is 2.11. The number of aliphatic hydroxyl groups excluding tert-OH is 1. The topological polar surface area (TPSA) is 46.0 Å². The zero-order chi connectivity index (χ0) is 12.3. The first kappa shape index (κ1) is 12.4. The molecular weight excluding hydrogens is 256 g/mol. The van der Waals surface area contributed by atoms with Gasteiger partial charge in [0, 0.05) is 17.3 Å². The van der Waals surface area contributed by atoms with E-state index in [1.54, 1.807) is 25.4 Å². The van der Waals surface area contributed by atoms with Crippen LogP contribution in [0.5, 0.6) is 0 Å². The van der Waals surface area contributed by atoms with Gasteiger partial charge in [0.05, 0.1) is 16.8 Å². The molecule has 1 N–H and O–H groups in total. The molecule has 17 heavy (non-hydrogen) atoms. The van der Waals surface area contributed by atoms with Gasteiger partial charge in [0.1, 0.15) is 5.03 Å². The summed E-state index contributed by atoms with van der Waals surface area (Å²) in [7, 11) is 0. The number of hydrogen-bond acceptors (Lipinski definition) is 4. The highest BCUT2D eigenvalue weighted by atomic mass is 35.5. The van der Waals surface area contributed by atoms with E-state index in [9.17, 15) is 5.11 Å². The number of halogens is 1. The summed E-state index contributed by atoms with van der Waals surface area (Å²) >= 11 is 7.26. The fraction of sp³-hybridized carbons (Fsp3) is 0.167. The van der Waals surface area contributed by atoms with E-state index >= 15 is 0 Å². The van der Waals surface area contributed by atoms with Gasteiger partial charge in [0.25, 0.3) is 0 Å². The normalized spacial score (nSPS) is 12.4. The number of nitrogens with zero attached hydrogens (tertiary/aromatic N) is 2. The molecule has 1 atom stereocenters. The fourth-order valence-corrected chi connectivity index (χ4v) is 2.08. The molecule has 0 amide bonds. The van der Waals surface area contributed by atoms with Crippen LogP contribution in [0.2, 0.25) is 5.02 Å². The number of rotatable bonds is 3. The van der Waals surface area contributed by atoms with Gasteiger partial charge in [0.15, 0.2) is 0 Å². The molecule has 2 aromatic rings. The van der Waals surface area contributed by atoms with E-state index in [2.05, 4.69) is 9.97 Å². The zero-order valence-corrected chi connectivity index (χ0v) is 10.7. The SMILES string of the molecule is C[C@@H](O)c1ccc(Sc2ccc(Cl)cn2)cn1. The van der Waals surface area contributed by atoms with E-state index in [1.807, 2.05) is 18.2 Å². The number of aromatic nitrogens is 2. The van der Waals surface area contributed by atoms with Crippen LogP contribution < -0.4 is 0 Å². The summed E-state index contributed by atoms with van der Waals surface area (Å²) in [5, 5.41) is 10.8. The second-order valence-electron chi connectivity index (χ2n) is 3.51. The third-order valence-corrected chi connectivity index (χ3v) is 3.26. The molecule has 0 aliphatic carbocycles. The molecule has 3 nitrogen and oxygen atoms in total. The van der Waals surface area contributed by atoms with Gasteiger partial charge in [0.2, 0.25) is 0 Å². The number of aliphatic hydroxyl groups is 1. The van der Waals surface area contributed by atoms with Crippen molar-refractivity contribution in [1.82, 2.24) is 9.97 Å². The van der Waals surface area contributed by atoms with Crippen molar-refractivity contribution in [2.75, 3.05) is 0 Å². The smallest absolute Gasteiger partial charge is 0.101 e. The van der Waals surface area contributed by atoms with Crippen molar-refractivity contribution >= 4 is 23.4 Å². The van der Waals surface area contributed by atoms with Crippen LogP contribution in [0.25, 0.3) is 0 Å². The molecule has 88 valence electrons. The minimum absolute atomic E-state index is 0.539. The summed E-state index contributed by atoms with van der Waals surface area (Å²) in [6.07, 6.45) is 2.80. The van der Waals surface area contributed by atoms with Crippen molar-refractivity contribution in [1.29, 1.82) is 0 Å². The highest BCUT2D eigenvalue weighted by Crippen LogP contribution is 2.26. The first-order valence-electron chi connectivity index (χ1n) is 5.08. The molecule has 0 aliphatic heterocycles. The van der Waals surface area contributed by atoms with Gasteiger partial charge >= 0.3 is 0 Å². The van der Waals surface area contributed by atoms with E-state index in [0.29, 0.717) is 10.7 Å². The first-order chi connectivity index (χ1) is 8.15. The molecular formula is C12H11ClN2OS. The van der Waals surface area contributed by atoms with Gasteiger partial charge < -0.3 is 5.11 Å². The monoisotopic (exact) mass is 266 g/mol. The lowest BCUT2D eigenvalue weighted by Gasteiger charge is -2.04. The number of pyridine rings is 2. The van der Waals surface area contributed by atoms with Crippen LogP contribution in [0.1, 0.15) is 18.7 Å². The molecule has 5 heteroatoms. The van der Waals surface area contributed by atoms with Crippen LogP contribution in [0.3, 0.4) is 0 Å². The maximum atomic E-state index is 9.34. The van der Waals surface area contributed by atoms with Gasteiger partial charge in [-0.15, -0.1) is 0 Å². The van der Waals surface area contributed by atoms with Gasteiger partial charge in [-0.3, -0.25) is 4.98 Å². The minimum atomic E-state index is -0.539. The third-order valence-electron chi connectivity index (χ3n) is 2.11. The van der Waals surface area contributed by atoms with Gasteiger partial charge in [-0.25, -0.2) is 4.98 Å². The second-order valence-corrected chi connectivity index (χ2v) is 5.04. The first-order valence-corrected chi connectivity index (χ1v) is 6.28. The average Bonchev–Trinajstić information content (AvgIpc) is 2.33. The summed E-state index contributed by atoms with van der Waals surface area (Å²) in [6, 6.07) is 7.38. The van der Waals surface area contributed by atoms with Crippen molar-refractivity contribution in [2.45, 2.75) is 22.9 Å². The largest absolute Gasteiger partial charge is 0.387 e. The van der Waals surface area contributed by atoms with Gasteiger partial charge in [-0.2, -0.15) is 0 Å². The Morgan fingerprint density at radius 3 is 2.53 bits per heavy atom. The van der Waals surface area contributed by atoms with Crippen LogP contribution in [0.4, 0.5) is 0 Å². The molecule has 0 aromatic carbocycles. The van der Waals surface area contributed by atoms with Crippen LogP contribution in [0, 0.1) is 0 Å². The van der Waals surface area contributed by atoms with Crippen molar-refractivity contribution in [3.05, 3.63) is 47.4 Å². The zero-order valence-electron chi connectivity index (χ0n) is 9.17. The Bertz CT molecular complexity index is 485. The predicted octanol–water partition coefficient (Wildman–Crippen LogP) is 3.33. The van der Waals surface area contributed by atoms with E-state index in [-0.39, 0.29) is 0 Å². The Morgan fingerprint density at radius 1 is 1.18 bits per heavy atom. The highest BCUT2D eigenvalue weighted by Gasteiger charge is 2.03. The quantitative estimate of drug-likeness (QED) is 0.926. The van der Waals surface area contributed by atoms with Gasteiger partial charge in [-0.05, 0) is 31.2 Å². The Hall–Kier alpha value is -1.10. The molecule has 2 rings (SSSR count). The maximum absolute atomic E-state index is 9.34. The molecule has 0 aliphatic rings. The van der Waals surface area contributed by atoms with Crippen molar-refractivity contribution in [3.63, 3.8) is 0 Å². The van der Waals surface area contributed by atoms with E-state index in [4.69, 9.17) is 11.6 Å². The van der Waals surface area contributed by atoms with Crippen LogP contribution >= 0.6 is 23.4 Å². The second kappa shape index (κ2) is 5.49. The molecule has 0 fully saturated rings. The Morgan fingerprint density at radius 2 is 2.00 bits per heavy atom. The molecule has 0 saturated heterocycles. The van der Waals surface area contributed by atoms with Gasteiger partial charge in [-0.1, -0.05) is 23.4 Å². The molecule has 2 aromatic heterocycles. The highest BCUT2D eigenvalue weighted by molar-refractivity contribution is 7.99. The molecule has 2 heterocycles. The third kappa shape index (κ3) is 3.43. The lowest BCUT2D eigenvalue weighted by Crippen LogP contribution is -1.94. The average molecular weight is 267 g/mol. The summed E-state index contributed by atoms with van der Waals surface area (Å²) in [4.78, 5) is 9.33. The Kier molecular flexibility index (Phi) is 3.99. The van der Waals surface area contributed by atoms with Crippen molar-refractivity contribution in [3.8, 4) is 0 Å². The van der Waals surface area contributed by atoms with E-state index in [0.717, 1.165) is 9.92 Å². The summed E-state index contributed by atoms with van der Waals surface area (Å²) in [6.45, 7) is 1.69. The molecule has 0 radical (unpaired) electrons. The lowest BCUT2D eigenvalue weighted by molar-refractivity contribution is 0.194. The molecule has 0 unspecified atom stereocenters. The minimum Gasteiger partial charge on any atom is -0.387 e. The molecule has 0 bridgehead atoms. The van der Waals surface area contributed by atoms with E-state index < -0.39 is 6.10 Å².